The maximum Gasteiger partial charge on any atom is 0.188 e. The van der Waals surface area contributed by atoms with E-state index in [9.17, 15) is 0 Å². The fourth-order valence-corrected chi connectivity index (χ4v) is 1.70. The molecule has 0 aliphatic heterocycles. The predicted molar refractivity (Wildman–Crippen MR) is 86.6 cm³/mol. The molecule has 0 aromatic heterocycles. The van der Waals surface area contributed by atoms with Crippen LogP contribution in [-0.2, 0) is 11.3 Å². The van der Waals surface area contributed by atoms with Gasteiger partial charge in [-0.15, -0.1) is 0 Å². The summed E-state index contributed by atoms with van der Waals surface area (Å²) in [5.74, 6) is 1.34. The molecule has 1 aromatic rings. The van der Waals surface area contributed by atoms with E-state index in [0.29, 0.717) is 25.7 Å². The number of guanidine groups is 1. The lowest BCUT2D eigenvalue weighted by atomic mass is 10.1. The summed E-state index contributed by atoms with van der Waals surface area (Å²) in [7, 11) is 1.66. The number of hydrogen-bond acceptors (Lipinski definition) is 3. The number of rotatable bonds is 7. The largest absolute Gasteiger partial charge is 0.497 e. The van der Waals surface area contributed by atoms with Gasteiger partial charge in [0.1, 0.15) is 5.75 Å². The molecule has 0 radical (unpaired) electrons. The van der Waals surface area contributed by atoms with E-state index in [1.807, 2.05) is 45.0 Å². The Kier molecular flexibility index (Phi) is 7.02. The maximum absolute atomic E-state index is 5.78. The highest BCUT2D eigenvalue weighted by Crippen LogP contribution is 2.11. The van der Waals surface area contributed by atoms with Crippen molar-refractivity contribution < 1.29 is 9.47 Å². The Hall–Kier alpha value is -1.75. The van der Waals surface area contributed by atoms with Gasteiger partial charge in [0, 0.05) is 18.7 Å². The van der Waals surface area contributed by atoms with E-state index in [2.05, 4.69) is 10.3 Å². The molecule has 21 heavy (non-hydrogen) atoms. The topological polar surface area (TPSA) is 68.9 Å². The van der Waals surface area contributed by atoms with E-state index in [4.69, 9.17) is 15.2 Å². The summed E-state index contributed by atoms with van der Waals surface area (Å²) in [6.45, 7) is 8.08. The maximum atomic E-state index is 5.78. The van der Waals surface area contributed by atoms with Crippen LogP contribution in [0.2, 0.25) is 0 Å². The van der Waals surface area contributed by atoms with Gasteiger partial charge in [-0.2, -0.15) is 0 Å². The highest BCUT2D eigenvalue weighted by molar-refractivity contribution is 5.78. The second kappa shape index (κ2) is 8.52. The summed E-state index contributed by atoms with van der Waals surface area (Å²) < 4.78 is 10.7. The SMILES string of the molecule is COc1ccc(COCCCN=C(N)NC(C)(C)C)cc1. The molecular weight excluding hydrogens is 266 g/mol. The quantitative estimate of drug-likeness (QED) is 0.460. The van der Waals surface area contributed by atoms with Gasteiger partial charge in [-0.1, -0.05) is 12.1 Å². The Morgan fingerprint density at radius 1 is 1.24 bits per heavy atom. The van der Waals surface area contributed by atoms with Crippen molar-refractivity contribution in [3.05, 3.63) is 29.8 Å². The summed E-state index contributed by atoms with van der Waals surface area (Å²) in [6.07, 6.45) is 0.850. The molecule has 0 saturated heterocycles. The number of aliphatic imine (C=N–C) groups is 1. The monoisotopic (exact) mass is 293 g/mol. The van der Waals surface area contributed by atoms with Crippen molar-refractivity contribution in [3.8, 4) is 5.75 Å². The minimum absolute atomic E-state index is 0.0571. The standard InChI is InChI=1S/C16H27N3O2/c1-16(2,3)19-15(17)18-10-5-11-21-12-13-6-8-14(20-4)9-7-13/h6-9H,5,10-12H2,1-4H3,(H3,17,18,19). The first-order valence-corrected chi connectivity index (χ1v) is 7.19. The third-order valence-corrected chi connectivity index (χ3v) is 2.66. The average Bonchev–Trinajstić information content (AvgIpc) is 2.41. The van der Waals surface area contributed by atoms with E-state index < -0.39 is 0 Å². The van der Waals surface area contributed by atoms with Crippen molar-refractivity contribution >= 4 is 5.96 Å². The van der Waals surface area contributed by atoms with Crippen molar-refractivity contribution in [1.82, 2.24) is 5.32 Å². The van der Waals surface area contributed by atoms with Gasteiger partial charge in [-0.25, -0.2) is 0 Å². The van der Waals surface area contributed by atoms with Crippen LogP contribution >= 0.6 is 0 Å². The average molecular weight is 293 g/mol. The van der Waals surface area contributed by atoms with Crippen LogP contribution in [-0.4, -0.2) is 31.8 Å². The van der Waals surface area contributed by atoms with Gasteiger partial charge in [-0.3, -0.25) is 4.99 Å². The lowest BCUT2D eigenvalue weighted by Crippen LogP contribution is -2.45. The first kappa shape index (κ1) is 17.3. The molecule has 0 saturated carbocycles. The van der Waals surface area contributed by atoms with Crippen LogP contribution in [0.1, 0.15) is 32.8 Å². The number of nitrogens with zero attached hydrogens (tertiary/aromatic N) is 1. The molecule has 0 aliphatic carbocycles. The van der Waals surface area contributed by atoms with Crippen LogP contribution in [0, 0.1) is 0 Å². The van der Waals surface area contributed by atoms with Gasteiger partial charge in [0.05, 0.1) is 13.7 Å². The van der Waals surface area contributed by atoms with Gasteiger partial charge in [0.2, 0.25) is 0 Å². The normalized spacial score (nSPS) is 12.3. The van der Waals surface area contributed by atoms with Crippen molar-refractivity contribution in [1.29, 1.82) is 0 Å². The minimum atomic E-state index is -0.0571. The summed E-state index contributed by atoms with van der Waals surface area (Å²) in [5, 5.41) is 3.12. The summed E-state index contributed by atoms with van der Waals surface area (Å²) in [5.41, 5.74) is 6.85. The highest BCUT2D eigenvalue weighted by atomic mass is 16.5. The smallest absolute Gasteiger partial charge is 0.188 e. The Bertz CT molecular complexity index is 436. The molecule has 118 valence electrons. The summed E-state index contributed by atoms with van der Waals surface area (Å²) in [4.78, 5) is 4.26. The van der Waals surface area contributed by atoms with Gasteiger partial charge in [0.15, 0.2) is 5.96 Å². The van der Waals surface area contributed by atoms with Gasteiger partial charge >= 0.3 is 0 Å². The number of ether oxygens (including phenoxy) is 2. The van der Waals surface area contributed by atoms with Gasteiger partial charge in [-0.05, 0) is 44.9 Å². The number of nitrogens with two attached hydrogens (primary N) is 1. The molecule has 3 N–H and O–H groups in total. The molecule has 5 heteroatoms. The number of methoxy groups -OCH3 is 1. The van der Waals surface area contributed by atoms with Crippen LogP contribution in [0.4, 0.5) is 0 Å². The summed E-state index contributed by atoms with van der Waals surface area (Å²) >= 11 is 0. The fraction of sp³-hybridized carbons (Fsp3) is 0.562. The third-order valence-electron chi connectivity index (χ3n) is 2.66. The van der Waals surface area contributed by atoms with Crippen molar-refractivity contribution in [2.45, 2.75) is 39.3 Å². The number of nitrogens with one attached hydrogen (secondary N) is 1. The third kappa shape index (κ3) is 8.19. The Balaban J connectivity index is 2.15. The van der Waals surface area contributed by atoms with E-state index >= 15 is 0 Å². The summed E-state index contributed by atoms with van der Waals surface area (Å²) in [6, 6.07) is 7.87. The molecule has 1 rings (SSSR count). The highest BCUT2D eigenvalue weighted by Gasteiger charge is 2.09. The lowest BCUT2D eigenvalue weighted by Gasteiger charge is -2.20. The first-order valence-electron chi connectivity index (χ1n) is 7.19. The van der Waals surface area contributed by atoms with Crippen LogP contribution in [0.5, 0.6) is 5.75 Å². The molecule has 0 amide bonds. The molecule has 1 aromatic carbocycles. The van der Waals surface area contributed by atoms with E-state index in [1.165, 1.54) is 0 Å². The Morgan fingerprint density at radius 3 is 2.48 bits per heavy atom. The zero-order valence-electron chi connectivity index (χ0n) is 13.5. The molecular formula is C16H27N3O2. The van der Waals surface area contributed by atoms with Crippen LogP contribution in [0.25, 0.3) is 0 Å². The van der Waals surface area contributed by atoms with Gasteiger partial charge < -0.3 is 20.5 Å². The Labute approximate surface area is 127 Å². The first-order chi connectivity index (χ1) is 9.90. The predicted octanol–water partition coefficient (Wildman–Crippen LogP) is 2.30. The molecule has 0 aliphatic rings. The zero-order chi connectivity index (χ0) is 15.7. The number of hydrogen-bond donors (Lipinski definition) is 2. The number of benzene rings is 1. The van der Waals surface area contributed by atoms with E-state index in [-0.39, 0.29) is 5.54 Å². The molecule has 0 fully saturated rings. The van der Waals surface area contributed by atoms with Crippen LogP contribution in [0.15, 0.2) is 29.3 Å². The van der Waals surface area contributed by atoms with Gasteiger partial charge in [0.25, 0.3) is 0 Å². The van der Waals surface area contributed by atoms with Crippen LogP contribution in [0.3, 0.4) is 0 Å². The second-order valence-electron chi connectivity index (χ2n) is 5.90. The van der Waals surface area contributed by atoms with Crippen LogP contribution < -0.4 is 15.8 Å². The van der Waals surface area contributed by atoms with E-state index in [1.54, 1.807) is 7.11 Å². The molecule has 5 nitrogen and oxygen atoms in total. The molecule has 0 heterocycles. The van der Waals surface area contributed by atoms with Crippen molar-refractivity contribution in [2.24, 2.45) is 10.7 Å². The second-order valence-corrected chi connectivity index (χ2v) is 5.90. The molecule has 0 unspecified atom stereocenters. The van der Waals surface area contributed by atoms with Crippen molar-refractivity contribution in [2.75, 3.05) is 20.3 Å². The molecule has 0 atom stereocenters. The van der Waals surface area contributed by atoms with E-state index in [0.717, 1.165) is 17.7 Å². The Morgan fingerprint density at radius 2 is 1.90 bits per heavy atom. The lowest BCUT2D eigenvalue weighted by molar-refractivity contribution is 0.120. The fourth-order valence-electron chi connectivity index (χ4n) is 1.70. The minimum Gasteiger partial charge on any atom is -0.497 e. The zero-order valence-corrected chi connectivity index (χ0v) is 13.5. The van der Waals surface area contributed by atoms with Crippen molar-refractivity contribution in [3.63, 3.8) is 0 Å². The molecule has 0 spiro atoms. The molecule has 0 bridgehead atoms.